The summed E-state index contributed by atoms with van der Waals surface area (Å²) in [6.07, 6.45) is -0.0315. The zero-order valence-electron chi connectivity index (χ0n) is 19.2. The highest BCUT2D eigenvalue weighted by molar-refractivity contribution is 7.13. The first kappa shape index (κ1) is 25.0. The van der Waals surface area contributed by atoms with Crippen molar-refractivity contribution in [2.45, 2.75) is 58.2 Å². The quantitative estimate of drug-likeness (QED) is 0.414. The summed E-state index contributed by atoms with van der Waals surface area (Å²) in [5.41, 5.74) is 4.83. The van der Waals surface area contributed by atoms with Crippen LogP contribution in [0.4, 0.5) is 0 Å². The number of aryl methyl sites for hydroxylation is 1. The summed E-state index contributed by atoms with van der Waals surface area (Å²) in [4.78, 5) is 31.6. The maximum absolute atomic E-state index is 13.0. The molecule has 1 aromatic carbocycles. The van der Waals surface area contributed by atoms with Gasteiger partial charge in [-0.05, 0) is 30.4 Å². The number of thiazole rings is 1. The third-order valence-corrected chi connectivity index (χ3v) is 7.00. The predicted molar refractivity (Wildman–Crippen MR) is 128 cm³/mol. The molecule has 1 fully saturated rings. The molecule has 1 aliphatic heterocycles. The van der Waals surface area contributed by atoms with Gasteiger partial charge in [0.2, 0.25) is 11.8 Å². The van der Waals surface area contributed by atoms with E-state index in [-0.39, 0.29) is 30.7 Å². The third-order valence-electron chi connectivity index (χ3n) is 6.02. The van der Waals surface area contributed by atoms with E-state index >= 15 is 0 Å². The minimum Gasteiger partial charge on any atom is -0.392 e. The van der Waals surface area contributed by atoms with E-state index in [9.17, 15) is 19.8 Å². The van der Waals surface area contributed by atoms with Crippen molar-refractivity contribution in [3.8, 4) is 10.4 Å². The lowest BCUT2D eigenvalue weighted by molar-refractivity contribution is -0.132. The average molecular weight is 473 g/mol. The van der Waals surface area contributed by atoms with E-state index in [1.807, 2.05) is 43.6 Å². The number of rotatable bonds is 9. The number of carbonyl (C=O) groups excluding carboxylic acids is 2. The SMILES string of the molecule is C=CC(C)C(NC(C)=O)C(O)N1CC(O)CC1C(=O)NCc1ccc(-c2scnc2C)cc1. The van der Waals surface area contributed by atoms with Crippen LogP contribution in [0.25, 0.3) is 10.4 Å². The Bertz CT molecular complexity index is 977. The minimum atomic E-state index is -1.14. The Kier molecular flexibility index (Phi) is 8.36. The first-order valence-electron chi connectivity index (χ1n) is 11.0. The molecule has 0 spiro atoms. The summed E-state index contributed by atoms with van der Waals surface area (Å²) in [5, 5.41) is 26.9. The number of aromatic nitrogens is 1. The second-order valence-corrected chi connectivity index (χ2v) is 9.37. The minimum absolute atomic E-state index is 0.141. The Morgan fingerprint density at radius 1 is 1.36 bits per heavy atom. The first-order valence-corrected chi connectivity index (χ1v) is 11.9. The molecule has 5 atom stereocenters. The number of nitrogens with zero attached hydrogens (tertiary/aromatic N) is 2. The molecule has 2 heterocycles. The van der Waals surface area contributed by atoms with E-state index in [2.05, 4.69) is 22.2 Å². The third kappa shape index (κ3) is 6.05. The first-order chi connectivity index (χ1) is 15.7. The van der Waals surface area contributed by atoms with E-state index in [1.165, 1.54) is 6.92 Å². The van der Waals surface area contributed by atoms with Gasteiger partial charge < -0.3 is 20.8 Å². The largest absolute Gasteiger partial charge is 0.392 e. The fourth-order valence-electron chi connectivity index (χ4n) is 4.11. The molecule has 0 bridgehead atoms. The molecular weight excluding hydrogens is 440 g/mol. The van der Waals surface area contributed by atoms with Gasteiger partial charge in [0, 0.05) is 20.0 Å². The molecule has 0 aliphatic carbocycles. The number of benzene rings is 1. The standard InChI is InChI=1S/C24H32N4O4S/c1-5-14(2)21(27-16(4)29)24(32)28-12-19(30)10-20(28)23(31)25-11-17-6-8-18(9-7-17)22-15(3)26-13-33-22/h5-9,13-14,19-21,24,30,32H,1,10-12H2,2-4H3,(H,25,31)(H,27,29). The molecule has 9 heteroatoms. The summed E-state index contributed by atoms with van der Waals surface area (Å²) in [6, 6.07) is 6.58. The Morgan fingerprint density at radius 2 is 2.06 bits per heavy atom. The van der Waals surface area contributed by atoms with Crippen molar-refractivity contribution in [1.29, 1.82) is 0 Å². The fourth-order valence-corrected chi connectivity index (χ4v) is 4.92. The number of hydrogen-bond acceptors (Lipinski definition) is 7. The lowest BCUT2D eigenvalue weighted by Gasteiger charge is -2.36. The molecule has 5 unspecified atom stereocenters. The number of β-amino-alcohol motifs (C(OH)–C–C–N with tert-alkyl or cyclic N) is 1. The summed E-state index contributed by atoms with van der Waals surface area (Å²) in [5.74, 6) is -0.794. The molecule has 3 rings (SSSR count). The molecule has 1 aromatic heterocycles. The van der Waals surface area contributed by atoms with Crippen molar-refractivity contribution in [3.05, 3.63) is 53.7 Å². The van der Waals surface area contributed by atoms with Crippen LogP contribution in [0.1, 0.15) is 31.5 Å². The monoisotopic (exact) mass is 472 g/mol. The number of likely N-dealkylation sites (tertiary alicyclic amines) is 1. The van der Waals surface area contributed by atoms with E-state index in [0.717, 1.165) is 21.7 Å². The number of nitrogens with one attached hydrogen (secondary N) is 2. The van der Waals surface area contributed by atoms with Gasteiger partial charge in [-0.25, -0.2) is 4.98 Å². The van der Waals surface area contributed by atoms with Crippen LogP contribution < -0.4 is 10.6 Å². The average Bonchev–Trinajstić information content (AvgIpc) is 3.40. The van der Waals surface area contributed by atoms with Gasteiger partial charge in [-0.2, -0.15) is 0 Å². The molecule has 4 N–H and O–H groups in total. The van der Waals surface area contributed by atoms with Crippen LogP contribution in [-0.2, 0) is 16.1 Å². The number of aliphatic hydroxyl groups is 2. The molecule has 8 nitrogen and oxygen atoms in total. The molecular formula is C24H32N4O4S. The fraction of sp³-hybridized carbons (Fsp3) is 0.458. The van der Waals surface area contributed by atoms with Gasteiger partial charge in [-0.1, -0.05) is 37.3 Å². The van der Waals surface area contributed by atoms with E-state index < -0.39 is 24.4 Å². The van der Waals surface area contributed by atoms with Crippen molar-refractivity contribution in [3.63, 3.8) is 0 Å². The van der Waals surface area contributed by atoms with Crippen molar-refractivity contribution < 1.29 is 19.8 Å². The van der Waals surface area contributed by atoms with Gasteiger partial charge >= 0.3 is 0 Å². The molecule has 2 amide bonds. The van der Waals surface area contributed by atoms with Gasteiger partial charge in [-0.15, -0.1) is 17.9 Å². The molecule has 33 heavy (non-hydrogen) atoms. The van der Waals surface area contributed by atoms with Crippen LogP contribution in [0.5, 0.6) is 0 Å². The van der Waals surface area contributed by atoms with Crippen LogP contribution in [0.3, 0.4) is 0 Å². The molecule has 0 saturated carbocycles. The lowest BCUT2D eigenvalue weighted by atomic mass is 9.99. The zero-order chi connectivity index (χ0) is 24.1. The highest BCUT2D eigenvalue weighted by Crippen LogP contribution is 2.27. The number of aliphatic hydroxyl groups excluding tert-OH is 2. The molecule has 2 aromatic rings. The van der Waals surface area contributed by atoms with Crippen LogP contribution >= 0.6 is 11.3 Å². The topological polar surface area (TPSA) is 115 Å². The maximum atomic E-state index is 13.0. The van der Waals surface area contributed by atoms with Crippen LogP contribution in [0.2, 0.25) is 0 Å². The predicted octanol–water partition coefficient (Wildman–Crippen LogP) is 1.82. The van der Waals surface area contributed by atoms with E-state index in [0.29, 0.717) is 6.54 Å². The number of carbonyl (C=O) groups is 2. The van der Waals surface area contributed by atoms with Crippen molar-refractivity contribution in [1.82, 2.24) is 20.5 Å². The normalized spacial score (nSPS) is 21.2. The molecule has 178 valence electrons. The smallest absolute Gasteiger partial charge is 0.237 e. The van der Waals surface area contributed by atoms with Gasteiger partial charge in [0.15, 0.2) is 0 Å². The highest BCUT2D eigenvalue weighted by Gasteiger charge is 2.42. The van der Waals surface area contributed by atoms with E-state index in [1.54, 1.807) is 22.3 Å². The maximum Gasteiger partial charge on any atom is 0.237 e. The molecule has 1 saturated heterocycles. The second kappa shape index (κ2) is 11.0. The summed E-state index contributed by atoms with van der Waals surface area (Å²) < 4.78 is 0. The lowest BCUT2D eigenvalue weighted by Crippen LogP contribution is -2.57. The zero-order valence-corrected chi connectivity index (χ0v) is 20.0. The number of hydrogen-bond donors (Lipinski definition) is 4. The highest BCUT2D eigenvalue weighted by atomic mass is 32.1. The van der Waals surface area contributed by atoms with Gasteiger partial charge in [0.1, 0.15) is 6.23 Å². The summed E-state index contributed by atoms with van der Waals surface area (Å²) in [7, 11) is 0. The Balaban J connectivity index is 1.65. The van der Waals surface area contributed by atoms with Gasteiger partial charge in [0.05, 0.1) is 34.3 Å². The molecule has 0 radical (unpaired) electrons. The van der Waals surface area contributed by atoms with Crippen LogP contribution in [0, 0.1) is 12.8 Å². The van der Waals surface area contributed by atoms with Gasteiger partial charge in [-0.3, -0.25) is 14.5 Å². The Labute approximate surface area is 198 Å². The Hall–Kier alpha value is -2.59. The van der Waals surface area contributed by atoms with Crippen LogP contribution in [-0.4, -0.2) is 62.9 Å². The van der Waals surface area contributed by atoms with Crippen molar-refractivity contribution in [2.75, 3.05) is 6.54 Å². The van der Waals surface area contributed by atoms with Crippen molar-refractivity contribution in [2.24, 2.45) is 5.92 Å². The van der Waals surface area contributed by atoms with Gasteiger partial charge in [0.25, 0.3) is 0 Å². The van der Waals surface area contributed by atoms with Crippen LogP contribution in [0.15, 0.2) is 42.4 Å². The van der Waals surface area contributed by atoms with E-state index in [4.69, 9.17) is 0 Å². The summed E-state index contributed by atoms with van der Waals surface area (Å²) >= 11 is 1.59. The Morgan fingerprint density at radius 3 is 2.64 bits per heavy atom. The molecule has 1 aliphatic rings. The second-order valence-electron chi connectivity index (χ2n) is 8.52. The number of amides is 2. The summed E-state index contributed by atoms with van der Waals surface area (Å²) in [6.45, 7) is 9.39. The van der Waals surface area contributed by atoms with Crippen molar-refractivity contribution >= 4 is 23.2 Å².